The molecule has 26 heavy (non-hydrogen) atoms. The smallest absolute Gasteiger partial charge is 0.253 e. The van der Waals surface area contributed by atoms with Crippen LogP contribution in [0.25, 0.3) is 16.9 Å². The van der Waals surface area contributed by atoms with Gasteiger partial charge in [-0.1, -0.05) is 16.8 Å². The Balaban J connectivity index is 1.56. The lowest BCUT2D eigenvalue weighted by atomic mass is 10.2. The number of hydrogen-bond donors (Lipinski definition) is 1. The molecule has 4 rings (SSSR count). The highest BCUT2D eigenvalue weighted by Crippen LogP contribution is 2.22. The zero-order valence-electron chi connectivity index (χ0n) is 13.8. The second-order valence-corrected chi connectivity index (χ2v) is 6.11. The third-order valence-corrected chi connectivity index (χ3v) is 4.18. The van der Waals surface area contributed by atoms with E-state index >= 15 is 0 Å². The van der Waals surface area contributed by atoms with Crippen LogP contribution in [0.2, 0.25) is 5.02 Å². The highest BCUT2D eigenvalue weighted by atomic mass is 35.5. The summed E-state index contributed by atoms with van der Waals surface area (Å²) in [6.45, 7) is 2.14. The molecule has 7 nitrogen and oxygen atoms in total. The molecule has 0 spiro atoms. The molecule has 0 saturated carbocycles. The number of carbonyl (C=O) groups is 1. The number of carbonyl (C=O) groups excluding carboxylic acids is 1. The van der Waals surface area contributed by atoms with Crippen LogP contribution < -0.4 is 5.32 Å². The molecule has 3 heterocycles. The van der Waals surface area contributed by atoms with Crippen LogP contribution in [0.3, 0.4) is 0 Å². The van der Waals surface area contributed by atoms with Gasteiger partial charge in [0.25, 0.3) is 5.91 Å². The fourth-order valence-corrected chi connectivity index (χ4v) is 2.86. The highest BCUT2D eigenvalue weighted by molar-refractivity contribution is 6.34. The second kappa shape index (κ2) is 6.61. The number of pyridine rings is 1. The molecule has 4 aromatic rings. The third-order valence-electron chi connectivity index (χ3n) is 3.87. The van der Waals surface area contributed by atoms with Crippen molar-refractivity contribution in [3.8, 4) is 5.69 Å². The SMILES string of the molecule is Cc1ccc(CNC(=O)c2ccc(-n3nnc4cccnc43)cc2Cl)o1. The van der Waals surface area contributed by atoms with Crippen molar-refractivity contribution in [1.29, 1.82) is 0 Å². The molecule has 0 bridgehead atoms. The Morgan fingerprint density at radius 3 is 2.92 bits per heavy atom. The molecule has 130 valence electrons. The van der Waals surface area contributed by atoms with Crippen molar-refractivity contribution in [3.63, 3.8) is 0 Å². The van der Waals surface area contributed by atoms with E-state index in [0.717, 1.165) is 5.76 Å². The van der Waals surface area contributed by atoms with Gasteiger partial charge in [0.1, 0.15) is 17.0 Å². The second-order valence-electron chi connectivity index (χ2n) is 5.71. The number of aryl methyl sites for hydroxylation is 1. The van der Waals surface area contributed by atoms with Crippen molar-refractivity contribution in [2.75, 3.05) is 0 Å². The largest absolute Gasteiger partial charge is 0.465 e. The Labute approximate surface area is 153 Å². The first-order chi connectivity index (χ1) is 12.6. The van der Waals surface area contributed by atoms with Crippen LogP contribution in [0.5, 0.6) is 0 Å². The van der Waals surface area contributed by atoms with Crippen LogP contribution in [-0.2, 0) is 6.54 Å². The van der Waals surface area contributed by atoms with Crippen molar-refractivity contribution in [2.45, 2.75) is 13.5 Å². The normalized spacial score (nSPS) is 11.0. The van der Waals surface area contributed by atoms with Crippen LogP contribution in [0.1, 0.15) is 21.9 Å². The van der Waals surface area contributed by atoms with E-state index in [-0.39, 0.29) is 5.91 Å². The number of hydrogen-bond acceptors (Lipinski definition) is 5. The minimum Gasteiger partial charge on any atom is -0.465 e. The number of rotatable bonds is 4. The first kappa shape index (κ1) is 16.3. The fraction of sp³-hybridized carbons (Fsp3) is 0.111. The summed E-state index contributed by atoms with van der Waals surface area (Å²) in [5.41, 5.74) is 2.35. The van der Waals surface area contributed by atoms with E-state index in [1.165, 1.54) is 0 Å². The van der Waals surface area contributed by atoms with E-state index in [1.54, 1.807) is 35.1 Å². The van der Waals surface area contributed by atoms with Crippen LogP contribution >= 0.6 is 11.6 Å². The van der Waals surface area contributed by atoms with E-state index in [2.05, 4.69) is 20.6 Å². The maximum absolute atomic E-state index is 12.4. The molecule has 3 aromatic heterocycles. The first-order valence-electron chi connectivity index (χ1n) is 7.92. The summed E-state index contributed by atoms with van der Waals surface area (Å²) in [6.07, 6.45) is 1.67. The molecule has 0 aliphatic carbocycles. The molecule has 8 heteroatoms. The Hall–Kier alpha value is -3.19. The number of halogens is 1. The molecule has 1 amide bonds. The van der Waals surface area contributed by atoms with Gasteiger partial charge in [0.15, 0.2) is 5.65 Å². The van der Waals surface area contributed by atoms with Crippen LogP contribution in [0.15, 0.2) is 53.1 Å². The number of fused-ring (bicyclic) bond motifs is 1. The summed E-state index contributed by atoms with van der Waals surface area (Å²) in [7, 11) is 0. The summed E-state index contributed by atoms with van der Waals surface area (Å²) < 4.78 is 7.01. The van der Waals surface area contributed by atoms with Gasteiger partial charge in [-0.15, -0.1) is 5.10 Å². The standard InChI is InChI=1S/C18H14ClN5O2/c1-11-4-6-13(26-11)10-21-18(25)14-7-5-12(9-15(14)19)24-17-16(22-23-24)3-2-8-20-17/h2-9H,10H2,1H3,(H,21,25). The van der Waals surface area contributed by atoms with E-state index in [1.807, 2.05) is 25.1 Å². The maximum Gasteiger partial charge on any atom is 0.253 e. The summed E-state index contributed by atoms with van der Waals surface area (Å²) >= 11 is 6.31. The average molecular weight is 368 g/mol. The van der Waals surface area contributed by atoms with Gasteiger partial charge in [-0.25, -0.2) is 4.98 Å². The molecule has 1 N–H and O–H groups in total. The summed E-state index contributed by atoms with van der Waals surface area (Å²) in [6, 6.07) is 12.4. The van der Waals surface area contributed by atoms with Gasteiger partial charge >= 0.3 is 0 Å². The van der Waals surface area contributed by atoms with Gasteiger partial charge in [0, 0.05) is 6.20 Å². The van der Waals surface area contributed by atoms with Gasteiger partial charge in [-0.2, -0.15) is 4.68 Å². The number of benzene rings is 1. The topological polar surface area (TPSA) is 85.8 Å². The molecule has 1 aromatic carbocycles. The fourth-order valence-electron chi connectivity index (χ4n) is 2.60. The predicted octanol–water partition coefficient (Wildman–Crippen LogP) is 3.30. The monoisotopic (exact) mass is 367 g/mol. The molecule has 0 aliphatic heterocycles. The molecule has 0 atom stereocenters. The first-order valence-corrected chi connectivity index (χ1v) is 8.29. The Morgan fingerprint density at radius 1 is 1.27 bits per heavy atom. The van der Waals surface area contributed by atoms with Gasteiger partial charge in [-0.3, -0.25) is 4.79 Å². The lowest BCUT2D eigenvalue weighted by molar-refractivity contribution is 0.0948. The van der Waals surface area contributed by atoms with Crippen molar-refractivity contribution >= 4 is 28.7 Å². The average Bonchev–Trinajstić information content (AvgIpc) is 3.25. The van der Waals surface area contributed by atoms with Crippen molar-refractivity contribution in [3.05, 3.63) is 70.8 Å². The van der Waals surface area contributed by atoms with Crippen LogP contribution in [0, 0.1) is 6.92 Å². The van der Waals surface area contributed by atoms with Gasteiger partial charge in [0.05, 0.1) is 22.8 Å². The van der Waals surface area contributed by atoms with Gasteiger partial charge < -0.3 is 9.73 Å². The lowest BCUT2D eigenvalue weighted by Crippen LogP contribution is -2.23. The minimum atomic E-state index is -0.280. The van der Waals surface area contributed by atoms with Gasteiger partial charge in [-0.05, 0) is 49.4 Å². The molecule has 0 unspecified atom stereocenters. The maximum atomic E-state index is 12.4. The molecular weight excluding hydrogens is 354 g/mol. The summed E-state index contributed by atoms with van der Waals surface area (Å²) in [4.78, 5) is 16.6. The third kappa shape index (κ3) is 3.04. The van der Waals surface area contributed by atoms with E-state index in [9.17, 15) is 4.79 Å². The zero-order valence-corrected chi connectivity index (χ0v) is 14.6. The number of amides is 1. The number of aromatic nitrogens is 4. The highest BCUT2D eigenvalue weighted by Gasteiger charge is 2.14. The predicted molar refractivity (Wildman–Crippen MR) is 96.3 cm³/mol. The molecular formula is C18H14ClN5O2. The van der Waals surface area contributed by atoms with Gasteiger partial charge in [0.2, 0.25) is 0 Å². The minimum absolute atomic E-state index is 0.280. The molecule has 0 fully saturated rings. The van der Waals surface area contributed by atoms with Crippen molar-refractivity contribution in [2.24, 2.45) is 0 Å². The van der Waals surface area contributed by atoms with Crippen LogP contribution in [0.4, 0.5) is 0 Å². The molecule has 0 saturated heterocycles. The number of nitrogens with zero attached hydrogens (tertiary/aromatic N) is 4. The molecule has 0 aliphatic rings. The Kier molecular flexibility index (Phi) is 4.14. The zero-order chi connectivity index (χ0) is 18.1. The summed E-state index contributed by atoms with van der Waals surface area (Å²) in [5.74, 6) is 1.20. The van der Waals surface area contributed by atoms with Crippen LogP contribution in [-0.4, -0.2) is 25.9 Å². The quantitative estimate of drug-likeness (QED) is 0.598. The van der Waals surface area contributed by atoms with E-state index < -0.39 is 0 Å². The number of nitrogens with one attached hydrogen (secondary N) is 1. The lowest BCUT2D eigenvalue weighted by Gasteiger charge is -2.08. The summed E-state index contributed by atoms with van der Waals surface area (Å²) in [5, 5.41) is 11.3. The van der Waals surface area contributed by atoms with E-state index in [4.69, 9.17) is 16.0 Å². The Bertz CT molecular complexity index is 1100. The number of furan rings is 1. The molecule has 0 radical (unpaired) electrons. The Morgan fingerprint density at radius 2 is 2.15 bits per heavy atom. The van der Waals surface area contributed by atoms with Crippen molar-refractivity contribution in [1.82, 2.24) is 25.3 Å². The van der Waals surface area contributed by atoms with E-state index in [0.29, 0.717) is 39.7 Å². The van der Waals surface area contributed by atoms with Crippen molar-refractivity contribution < 1.29 is 9.21 Å².